The van der Waals surface area contributed by atoms with Crippen LogP contribution in [0.25, 0.3) is 0 Å². The zero-order valence-electron chi connectivity index (χ0n) is 22.6. The molecule has 4 atom stereocenters. The molecule has 0 bridgehead atoms. The number of benzene rings is 2. The van der Waals surface area contributed by atoms with Gasteiger partial charge in [-0.15, -0.1) is 0 Å². The zero-order valence-corrected chi connectivity index (χ0v) is 22.6. The van der Waals surface area contributed by atoms with Gasteiger partial charge in [-0.3, -0.25) is 14.4 Å². The second-order valence-corrected chi connectivity index (χ2v) is 9.45. The fourth-order valence-electron chi connectivity index (χ4n) is 5.17. The lowest BCUT2D eigenvalue weighted by molar-refractivity contribution is -0.192. The van der Waals surface area contributed by atoms with Crippen LogP contribution in [-0.4, -0.2) is 75.1 Å². The number of Topliss-reactive ketones (excluding diaryl/α,β-unsaturated/α-hetero) is 1. The summed E-state index contributed by atoms with van der Waals surface area (Å²) in [6.45, 7) is 5.15. The molecule has 10 heteroatoms. The fraction of sp³-hybridized carbons (Fsp3) is 0.483. The van der Waals surface area contributed by atoms with Gasteiger partial charge in [-0.05, 0) is 38.7 Å². The third kappa shape index (κ3) is 5.69. The third-order valence-corrected chi connectivity index (χ3v) is 7.26. The lowest BCUT2D eigenvalue weighted by Crippen LogP contribution is -2.36. The van der Waals surface area contributed by atoms with E-state index in [1.807, 2.05) is 13.8 Å². The first-order valence-corrected chi connectivity index (χ1v) is 13.1. The van der Waals surface area contributed by atoms with Crippen molar-refractivity contribution in [2.24, 2.45) is 5.92 Å². The topological polar surface area (TPSA) is 171 Å². The van der Waals surface area contributed by atoms with Gasteiger partial charge in [-0.25, -0.2) is 0 Å². The molecule has 0 spiro atoms. The Morgan fingerprint density at radius 3 is 2.21 bits per heavy atom. The Labute approximate surface area is 226 Å². The van der Waals surface area contributed by atoms with Gasteiger partial charge in [0.25, 0.3) is 0 Å². The molecule has 0 aromatic heterocycles. The molecule has 0 amide bonds. The summed E-state index contributed by atoms with van der Waals surface area (Å²) >= 11 is 0. The molecule has 2 aliphatic carbocycles. The van der Waals surface area contributed by atoms with Crippen LogP contribution in [0.4, 0.5) is 0 Å². The normalized spacial score (nSPS) is 23.2. The van der Waals surface area contributed by atoms with Gasteiger partial charge in [0.05, 0.1) is 36.0 Å². The van der Waals surface area contributed by atoms with Gasteiger partial charge >= 0.3 is 0 Å². The van der Waals surface area contributed by atoms with E-state index in [4.69, 9.17) is 24.8 Å². The van der Waals surface area contributed by atoms with E-state index in [-0.39, 0.29) is 69.8 Å². The first-order valence-electron chi connectivity index (χ1n) is 13.1. The summed E-state index contributed by atoms with van der Waals surface area (Å²) in [5, 5.41) is 48.7. The van der Waals surface area contributed by atoms with Gasteiger partial charge in [0, 0.05) is 29.0 Å². The highest BCUT2D eigenvalue weighted by Crippen LogP contribution is 2.47. The van der Waals surface area contributed by atoms with Crippen molar-refractivity contribution < 1.29 is 49.4 Å². The third-order valence-electron chi connectivity index (χ3n) is 7.26. The van der Waals surface area contributed by atoms with Gasteiger partial charge in [0.1, 0.15) is 23.9 Å². The summed E-state index contributed by atoms with van der Waals surface area (Å²) in [7, 11) is 1.38. The monoisotopic (exact) mass is 544 g/mol. The maximum atomic E-state index is 13.1. The molecule has 10 nitrogen and oxygen atoms in total. The number of hydrogen-bond acceptors (Lipinski definition) is 10. The van der Waals surface area contributed by atoms with Gasteiger partial charge in [0.2, 0.25) is 5.78 Å². The Bertz CT molecular complexity index is 1250. The first-order chi connectivity index (χ1) is 18.6. The number of ether oxygens (including phenoxy) is 2. The maximum absolute atomic E-state index is 13.1. The van der Waals surface area contributed by atoms with Crippen LogP contribution in [0.2, 0.25) is 0 Å². The molecular weight excluding hydrogens is 508 g/mol. The van der Waals surface area contributed by atoms with Gasteiger partial charge in [-0.1, -0.05) is 26.0 Å². The van der Waals surface area contributed by atoms with Crippen molar-refractivity contribution >= 4 is 17.3 Å². The fourth-order valence-corrected chi connectivity index (χ4v) is 5.17. The number of phenolic OH excluding ortho intramolecular Hbond substituents is 2. The second-order valence-electron chi connectivity index (χ2n) is 9.45. The maximum Gasteiger partial charge on any atom is 0.202 e. The summed E-state index contributed by atoms with van der Waals surface area (Å²) in [4.78, 5) is 38.1. The first kappa shape index (κ1) is 30.2. The predicted molar refractivity (Wildman–Crippen MR) is 140 cm³/mol. The highest BCUT2D eigenvalue weighted by atomic mass is 16.6. The van der Waals surface area contributed by atoms with Crippen LogP contribution in [0.5, 0.6) is 17.2 Å². The van der Waals surface area contributed by atoms with E-state index in [1.54, 1.807) is 19.1 Å². The largest absolute Gasteiger partial charge is 0.507 e. The molecule has 212 valence electrons. The minimum absolute atomic E-state index is 0.0568. The summed E-state index contributed by atoms with van der Waals surface area (Å²) < 4.78 is 10.1. The highest BCUT2D eigenvalue weighted by Gasteiger charge is 2.41. The van der Waals surface area contributed by atoms with Crippen LogP contribution in [0.3, 0.4) is 0 Å². The lowest BCUT2D eigenvalue weighted by atomic mass is 9.75. The standard InChI is InChI=1S/C21H18O7.C6H12O3.C2H6/c1-28-14-4-2-3-11-15(14)21(27)17-16(19(11)25)20(26)12-7-9(13(23)8-22)5-6-10(12)18(17)24;1-4-5(7)2-3-6(8)9-4;1-2/h2-4,9,22,24,26H,5-8H2,1H3;4-8H,2-3H2,1H3;1-2H3/t;4-,5?,6?;/m.0./s1. The van der Waals surface area contributed by atoms with E-state index < -0.39 is 36.5 Å². The van der Waals surface area contributed by atoms with Crippen molar-refractivity contribution in [3.05, 3.63) is 51.6 Å². The molecule has 2 aromatic rings. The Morgan fingerprint density at radius 1 is 0.974 bits per heavy atom. The van der Waals surface area contributed by atoms with Gasteiger partial charge < -0.3 is 35.0 Å². The molecule has 0 radical (unpaired) electrons. The van der Waals surface area contributed by atoms with Crippen LogP contribution in [0, 0.1) is 5.92 Å². The minimum Gasteiger partial charge on any atom is -0.507 e. The summed E-state index contributed by atoms with van der Waals surface area (Å²) in [6.07, 6.45) is 0.631. The molecule has 0 saturated carbocycles. The molecule has 1 aliphatic heterocycles. The SMILES string of the molecule is CC.COc1cccc2c1C(=O)c1c(O)c3c(c(O)c1C2=O)CC(C(=O)CO)CC3.C[C@@H]1OC(O)CCC1O. The molecule has 2 aromatic carbocycles. The van der Waals surface area contributed by atoms with E-state index in [0.717, 1.165) is 0 Å². The average molecular weight is 545 g/mol. The van der Waals surface area contributed by atoms with Gasteiger partial charge in [-0.2, -0.15) is 0 Å². The Kier molecular flexibility index (Phi) is 9.84. The van der Waals surface area contributed by atoms with Crippen LogP contribution in [-0.2, 0) is 22.4 Å². The molecule has 3 unspecified atom stereocenters. The minimum atomic E-state index is -0.664. The van der Waals surface area contributed by atoms with E-state index in [0.29, 0.717) is 24.8 Å². The Hall–Kier alpha value is -3.31. The van der Waals surface area contributed by atoms with E-state index in [1.165, 1.54) is 13.2 Å². The number of carbonyl (C=O) groups excluding carboxylic acids is 3. The van der Waals surface area contributed by atoms with Crippen molar-refractivity contribution in [1.82, 2.24) is 0 Å². The molecule has 1 fully saturated rings. The number of hydrogen-bond donors (Lipinski definition) is 5. The van der Waals surface area contributed by atoms with Crippen molar-refractivity contribution in [2.45, 2.75) is 71.4 Å². The van der Waals surface area contributed by atoms with Crippen molar-refractivity contribution in [3.63, 3.8) is 0 Å². The van der Waals surface area contributed by atoms with Crippen LogP contribution in [0.15, 0.2) is 18.2 Å². The molecular formula is C29H36O10. The number of ketones is 3. The molecule has 1 saturated heterocycles. The number of rotatable bonds is 3. The van der Waals surface area contributed by atoms with Crippen LogP contribution >= 0.6 is 0 Å². The van der Waals surface area contributed by atoms with Crippen molar-refractivity contribution in [1.29, 1.82) is 0 Å². The molecule has 39 heavy (non-hydrogen) atoms. The van der Waals surface area contributed by atoms with Crippen LogP contribution in [0.1, 0.15) is 83.0 Å². The second kappa shape index (κ2) is 12.7. The number of methoxy groups -OCH3 is 1. The Balaban J connectivity index is 0.000000322. The van der Waals surface area contributed by atoms with E-state index in [2.05, 4.69) is 0 Å². The highest BCUT2D eigenvalue weighted by molar-refractivity contribution is 6.31. The average Bonchev–Trinajstić information content (AvgIpc) is 2.96. The lowest BCUT2D eigenvalue weighted by Gasteiger charge is -2.29. The molecule has 5 N–H and O–H groups in total. The molecule has 5 rings (SSSR count). The quantitative estimate of drug-likeness (QED) is 0.309. The number of phenols is 2. The van der Waals surface area contributed by atoms with E-state index >= 15 is 0 Å². The van der Waals surface area contributed by atoms with Crippen LogP contribution < -0.4 is 4.74 Å². The van der Waals surface area contributed by atoms with Gasteiger partial charge in [0.15, 0.2) is 17.9 Å². The number of aliphatic hydroxyl groups is 3. The van der Waals surface area contributed by atoms with Crippen molar-refractivity contribution in [3.8, 4) is 17.2 Å². The van der Waals surface area contributed by atoms with E-state index in [9.17, 15) is 24.6 Å². The number of carbonyl (C=O) groups is 3. The molecule has 1 heterocycles. The predicted octanol–water partition coefficient (Wildman–Crippen LogP) is 2.44. The summed E-state index contributed by atoms with van der Waals surface area (Å²) in [5.41, 5.74) is 0.301. The zero-order chi connectivity index (χ0) is 29.0. The number of aliphatic hydroxyl groups excluding tert-OH is 3. The smallest absolute Gasteiger partial charge is 0.202 e. The summed E-state index contributed by atoms with van der Waals surface area (Å²) in [5.74, 6) is -2.56. The molecule has 3 aliphatic rings. The number of aromatic hydroxyl groups is 2. The van der Waals surface area contributed by atoms with Crippen molar-refractivity contribution in [2.75, 3.05) is 13.7 Å². The number of fused-ring (bicyclic) bond motifs is 3. The summed E-state index contributed by atoms with van der Waals surface area (Å²) in [6, 6.07) is 4.59. The Morgan fingerprint density at radius 2 is 1.62 bits per heavy atom.